The number of hydrogen-bond donors (Lipinski definition) is 1. The molecule has 0 fully saturated rings. The van der Waals surface area contributed by atoms with Crippen LogP contribution in [-0.2, 0) is 46.6 Å². The maximum absolute atomic E-state index is 8.66. The zero-order chi connectivity index (χ0) is 4.50. The van der Waals surface area contributed by atoms with Gasteiger partial charge in [-0.3, -0.25) is 0 Å². The summed E-state index contributed by atoms with van der Waals surface area (Å²) in [6.45, 7) is 0. The molecule has 0 amide bonds. The van der Waals surface area contributed by atoms with E-state index < -0.39 is 7.82 Å². The van der Waals surface area contributed by atoms with Crippen molar-refractivity contribution in [2.24, 2.45) is 0 Å². The number of phosphoric acid groups is 1. The summed E-state index contributed by atoms with van der Waals surface area (Å²) in [6, 6.07) is 0. The Morgan fingerprint density at radius 1 is 1.38 bits per heavy atom. The van der Waals surface area contributed by atoms with Crippen LogP contribution in [0.3, 0.4) is 0 Å². The third-order valence-electron chi connectivity index (χ3n) is 0. The van der Waals surface area contributed by atoms with Gasteiger partial charge in [-0.1, -0.05) is 0 Å². The maximum Gasteiger partial charge on any atom is 2.00 e. The van der Waals surface area contributed by atoms with Crippen molar-refractivity contribution in [2.75, 3.05) is 0 Å². The largest absolute Gasteiger partial charge is 2.00 e. The molecule has 0 bridgehead atoms. The van der Waals surface area contributed by atoms with Gasteiger partial charge in [0.15, 0.2) is 0 Å². The van der Waals surface area contributed by atoms with Crippen LogP contribution in [0.1, 0.15) is 0 Å². The van der Waals surface area contributed by atoms with Gasteiger partial charge in [-0.2, -0.15) is 0 Å². The molecular weight excluding hydrogens is 232 g/mol. The Labute approximate surface area is 69.3 Å². The smallest absolute Gasteiger partial charge is 2.00 e. The van der Waals surface area contributed by atoms with Crippen molar-refractivity contribution < 1.29 is 61.3 Å². The molecule has 0 aliphatic rings. The SMILES string of the molecule is O=P([O-])([O-])O.[Fe+2].[O-2].[Zn+2]. The molecule has 0 spiro atoms. The maximum atomic E-state index is 8.66. The fourth-order valence-corrected chi connectivity index (χ4v) is 0. The average Bonchev–Trinajstić information content (AvgIpc) is 0.722. The Hall–Kier alpha value is 1.21. The van der Waals surface area contributed by atoms with Crippen molar-refractivity contribution in [3.05, 3.63) is 0 Å². The molecule has 1 N–H and O–H groups in total. The van der Waals surface area contributed by atoms with Crippen molar-refractivity contribution in [1.29, 1.82) is 0 Å². The van der Waals surface area contributed by atoms with Gasteiger partial charge >= 0.3 is 36.5 Å². The molecule has 0 radical (unpaired) electrons. The van der Waals surface area contributed by atoms with Crippen LogP contribution in [0.5, 0.6) is 0 Å². The minimum absolute atomic E-state index is 0. The normalized spacial score (nSPS) is 7.38. The van der Waals surface area contributed by atoms with E-state index in [2.05, 4.69) is 0 Å². The minimum atomic E-state index is -5.14. The molecule has 8 heteroatoms. The van der Waals surface area contributed by atoms with Gasteiger partial charge in [0.25, 0.3) is 0 Å². The average molecular weight is 233 g/mol. The Morgan fingerprint density at radius 2 is 1.38 bits per heavy atom. The van der Waals surface area contributed by atoms with Gasteiger partial charge in [-0.15, -0.1) is 0 Å². The minimum Gasteiger partial charge on any atom is -2.00 e. The van der Waals surface area contributed by atoms with Crippen LogP contribution in [0.4, 0.5) is 0 Å². The monoisotopic (exact) mass is 232 g/mol. The summed E-state index contributed by atoms with van der Waals surface area (Å²) < 4.78 is 8.66. The van der Waals surface area contributed by atoms with Crippen LogP contribution < -0.4 is 9.79 Å². The summed E-state index contributed by atoms with van der Waals surface area (Å²) in [6.07, 6.45) is 0. The summed E-state index contributed by atoms with van der Waals surface area (Å²) in [5.41, 5.74) is 0. The molecule has 0 aromatic heterocycles. The van der Waals surface area contributed by atoms with Gasteiger partial charge in [0.05, 0.1) is 7.82 Å². The van der Waals surface area contributed by atoms with Gasteiger partial charge in [0, 0.05) is 0 Å². The molecule has 0 rings (SSSR count). The van der Waals surface area contributed by atoms with Crippen molar-refractivity contribution in [1.82, 2.24) is 0 Å². The van der Waals surface area contributed by atoms with Gasteiger partial charge < -0.3 is 24.7 Å². The molecule has 0 unspecified atom stereocenters. The molecule has 0 saturated heterocycles. The van der Waals surface area contributed by atoms with E-state index in [-0.39, 0.29) is 42.0 Å². The van der Waals surface area contributed by atoms with E-state index in [9.17, 15) is 0 Å². The van der Waals surface area contributed by atoms with Gasteiger partial charge in [0.1, 0.15) is 0 Å². The quantitative estimate of drug-likeness (QED) is 0.374. The van der Waals surface area contributed by atoms with E-state index in [4.69, 9.17) is 19.2 Å². The Kier molecular flexibility index (Phi) is 23.5. The van der Waals surface area contributed by atoms with Crippen LogP contribution in [0.2, 0.25) is 0 Å². The fourth-order valence-electron chi connectivity index (χ4n) is 0. The Morgan fingerprint density at radius 3 is 1.38 bits per heavy atom. The second kappa shape index (κ2) is 8.21. The van der Waals surface area contributed by atoms with E-state index in [1.165, 1.54) is 0 Å². The van der Waals surface area contributed by atoms with Crippen molar-refractivity contribution in [2.45, 2.75) is 0 Å². The first-order chi connectivity index (χ1) is 2.00. The molecule has 5 nitrogen and oxygen atoms in total. The number of hydrogen-bond acceptors (Lipinski definition) is 3. The van der Waals surface area contributed by atoms with Crippen LogP contribution in [-0.4, -0.2) is 4.89 Å². The fraction of sp³-hybridized carbons (Fsp3) is 0. The predicted molar refractivity (Wildman–Crippen MR) is 10.5 cm³/mol. The molecule has 0 aromatic rings. The first-order valence-corrected chi connectivity index (χ1v) is 2.24. The summed E-state index contributed by atoms with van der Waals surface area (Å²) in [7, 11) is -5.14. The van der Waals surface area contributed by atoms with Crippen molar-refractivity contribution in [3.63, 3.8) is 0 Å². The molecule has 0 saturated carbocycles. The van der Waals surface area contributed by atoms with E-state index in [1.54, 1.807) is 0 Å². The van der Waals surface area contributed by atoms with E-state index >= 15 is 0 Å². The molecule has 0 heterocycles. The molecule has 0 aliphatic heterocycles. The van der Waals surface area contributed by atoms with Gasteiger partial charge in [-0.05, 0) is 0 Å². The van der Waals surface area contributed by atoms with Crippen LogP contribution >= 0.6 is 7.82 Å². The molecular formula is HFeO5PZn. The second-order valence-corrected chi connectivity index (χ2v) is 1.41. The van der Waals surface area contributed by atoms with Crippen molar-refractivity contribution in [3.8, 4) is 0 Å². The van der Waals surface area contributed by atoms with E-state index in [0.29, 0.717) is 0 Å². The zero-order valence-corrected chi connectivity index (χ0v) is 8.55. The van der Waals surface area contributed by atoms with Gasteiger partial charge in [0.2, 0.25) is 0 Å². The van der Waals surface area contributed by atoms with E-state index in [1.807, 2.05) is 0 Å². The first kappa shape index (κ1) is 22.9. The van der Waals surface area contributed by atoms with Crippen molar-refractivity contribution >= 4 is 7.82 Å². The molecule has 8 heavy (non-hydrogen) atoms. The first-order valence-electron chi connectivity index (χ1n) is 0.748. The summed E-state index contributed by atoms with van der Waals surface area (Å²) in [4.78, 5) is 24.3. The Bertz CT molecular complexity index is 58.6. The topological polar surface area (TPSA) is 112 Å². The summed E-state index contributed by atoms with van der Waals surface area (Å²) in [5.74, 6) is 0. The molecule has 0 atom stereocenters. The third-order valence-corrected chi connectivity index (χ3v) is 0. The predicted octanol–water partition coefficient (Wildman–Crippen LogP) is -2.32. The summed E-state index contributed by atoms with van der Waals surface area (Å²) >= 11 is 0. The van der Waals surface area contributed by atoms with Gasteiger partial charge in [-0.25, -0.2) is 0 Å². The third kappa shape index (κ3) is 189. The second-order valence-electron chi connectivity index (χ2n) is 0.469. The molecule has 0 aliphatic carbocycles. The number of rotatable bonds is 0. The standard InChI is InChI=1S/Fe.H3O4P.O.Zn/c;1-5(2,3)4;;/h;(H3,1,2,3,4);;/q+2;;-2;+2/p-2. The molecule has 0 aromatic carbocycles. The van der Waals surface area contributed by atoms with Crippen LogP contribution in [0.25, 0.3) is 0 Å². The zero-order valence-electron chi connectivity index (χ0n) is 3.59. The van der Waals surface area contributed by atoms with E-state index in [0.717, 1.165) is 0 Å². The Balaban J connectivity index is -0.0000000267. The summed E-state index contributed by atoms with van der Waals surface area (Å²) in [5, 5.41) is 0. The van der Waals surface area contributed by atoms with Crippen LogP contribution in [0.15, 0.2) is 0 Å². The molecule has 46 valence electrons. The van der Waals surface area contributed by atoms with Crippen LogP contribution in [0, 0.1) is 0 Å².